The molecule has 1 saturated heterocycles. The summed E-state index contributed by atoms with van der Waals surface area (Å²) in [5.41, 5.74) is 1.98. The molecule has 1 atom stereocenters. The van der Waals surface area contributed by atoms with Crippen molar-refractivity contribution in [2.75, 3.05) is 13.2 Å². The van der Waals surface area contributed by atoms with Gasteiger partial charge in [0.2, 0.25) is 0 Å². The first-order chi connectivity index (χ1) is 7.92. The Labute approximate surface area is 94.0 Å². The second kappa shape index (κ2) is 4.14. The Morgan fingerprint density at radius 3 is 3.12 bits per heavy atom. The van der Waals surface area contributed by atoms with Gasteiger partial charge in [0.25, 0.3) is 6.01 Å². The molecule has 1 fully saturated rings. The summed E-state index contributed by atoms with van der Waals surface area (Å²) in [4.78, 5) is 7.53. The van der Waals surface area contributed by atoms with Gasteiger partial charge in [-0.3, -0.25) is 0 Å². The lowest BCUT2D eigenvalue weighted by atomic mass is 10.2. The van der Waals surface area contributed by atoms with E-state index in [9.17, 15) is 0 Å². The third kappa shape index (κ3) is 1.88. The van der Waals surface area contributed by atoms with Crippen LogP contribution in [0, 0.1) is 0 Å². The summed E-state index contributed by atoms with van der Waals surface area (Å²) in [6.07, 6.45) is 2.44. The number of benzene rings is 1. The number of imidazole rings is 1. The lowest BCUT2D eigenvalue weighted by Gasteiger charge is -2.09. The van der Waals surface area contributed by atoms with E-state index >= 15 is 0 Å². The topological polar surface area (TPSA) is 49.9 Å². The first-order valence-corrected chi connectivity index (χ1v) is 5.73. The molecule has 0 bridgehead atoms. The van der Waals surface area contributed by atoms with E-state index in [0.29, 0.717) is 18.7 Å². The van der Waals surface area contributed by atoms with Crippen LogP contribution in [0.5, 0.6) is 6.01 Å². The molecule has 84 valence electrons. The van der Waals surface area contributed by atoms with Crippen molar-refractivity contribution < 1.29 is 4.74 Å². The van der Waals surface area contributed by atoms with Crippen molar-refractivity contribution in [3.8, 4) is 6.01 Å². The summed E-state index contributed by atoms with van der Waals surface area (Å²) in [7, 11) is 0. The zero-order chi connectivity index (χ0) is 10.8. The molecule has 3 rings (SSSR count). The number of nitrogens with zero attached hydrogens (tertiary/aromatic N) is 1. The number of para-hydroxylation sites is 2. The Balaban J connectivity index is 1.69. The second-order valence-electron chi connectivity index (χ2n) is 4.16. The number of ether oxygens (including phenoxy) is 1. The predicted octanol–water partition coefficient (Wildman–Crippen LogP) is 1.69. The van der Waals surface area contributed by atoms with Gasteiger partial charge in [-0.25, -0.2) is 0 Å². The number of rotatable bonds is 3. The van der Waals surface area contributed by atoms with Gasteiger partial charge in [-0.05, 0) is 31.5 Å². The molecule has 0 spiro atoms. The maximum Gasteiger partial charge on any atom is 0.294 e. The molecule has 1 aliphatic heterocycles. The molecule has 2 aromatic rings. The molecule has 2 N–H and O–H groups in total. The summed E-state index contributed by atoms with van der Waals surface area (Å²) >= 11 is 0. The van der Waals surface area contributed by atoms with E-state index in [0.717, 1.165) is 17.6 Å². The van der Waals surface area contributed by atoms with E-state index in [4.69, 9.17) is 4.74 Å². The fourth-order valence-electron chi connectivity index (χ4n) is 2.08. The normalized spacial score (nSPS) is 20.4. The summed E-state index contributed by atoms with van der Waals surface area (Å²) < 4.78 is 5.65. The molecule has 4 nitrogen and oxygen atoms in total. The largest absolute Gasteiger partial charge is 0.463 e. The quantitative estimate of drug-likeness (QED) is 0.822. The minimum atomic E-state index is 0.480. The van der Waals surface area contributed by atoms with E-state index < -0.39 is 0 Å². The zero-order valence-electron chi connectivity index (χ0n) is 9.07. The molecule has 0 radical (unpaired) electrons. The monoisotopic (exact) mass is 217 g/mol. The number of hydrogen-bond acceptors (Lipinski definition) is 3. The average molecular weight is 217 g/mol. The van der Waals surface area contributed by atoms with Gasteiger partial charge in [-0.1, -0.05) is 12.1 Å². The Morgan fingerprint density at radius 1 is 1.38 bits per heavy atom. The molecule has 4 heteroatoms. The fraction of sp³-hybridized carbons (Fsp3) is 0.417. The Bertz CT molecular complexity index is 441. The van der Waals surface area contributed by atoms with Gasteiger partial charge in [-0.15, -0.1) is 0 Å². The molecule has 0 amide bonds. The van der Waals surface area contributed by atoms with Crippen molar-refractivity contribution in [2.45, 2.75) is 18.9 Å². The summed E-state index contributed by atoms with van der Waals surface area (Å²) in [5.74, 6) is 0. The standard InChI is InChI=1S/C12H15N3O/c1-2-6-11-10(5-1)14-12(15-11)16-8-9-4-3-7-13-9/h1-2,5-6,9,13H,3-4,7-8H2,(H,14,15)/t9-/m1/s1. The van der Waals surface area contributed by atoms with Gasteiger partial charge >= 0.3 is 0 Å². The smallest absolute Gasteiger partial charge is 0.294 e. The number of hydrogen-bond donors (Lipinski definition) is 2. The maximum atomic E-state index is 5.65. The zero-order valence-corrected chi connectivity index (χ0v) is 9.07. The fourth-order valence-corrected chi connectivity index (χ4v) is 2.08. The van der Waals surface area contributed by atoms with Gasteiger partial charge < -0.3 is 15.0 Å². The third-order valence-electron chi connectivity index (χ3n) is 2.95. The highest BCUT2D eigenvalue weighted by Gasteiger charge is 2.15. The Kier molecular flexibility index (Phi) is 2.50. The van der Waals surface area contributed by atoms with Crippen LogP contribution in [0.15, 0.2) is 24.3 Å². The van der Waals surface area contributed by atoms with Crippen LogP contribution >= 0.6 is 0 Å². The minimum absolute atomic E-state index is 0.480. The summed E-state index contributed by atoms with van der Waals surface area (Å²) in [6.45, 7) is 1.80. The second-order valence-corrected chi connectivity index (χ2v) is 4.16. The number of aromatic nitrogens is 2. The molecule has 1 aromatic carbocycles. The highest BCUT2D eigenvalue weighted by molar-refractivity contribution is 5.75. The SMILES string of the molecule is c1ccc2[nH]c(OC[C@H]3CCCN3)nc2c1. The van der Waals surface area contributed by atoms with E-state index in [1.165, 1.54) is 12.8 Å². The van der Waals surface area contributed by atoms with Gasteiger partial charge in [0.15, 0.2) is 0 Å². The van der Waals surface area contributed by atoms with E-state index in [1.807, 2.05) is 24.3 Å². The van der Waals surface area contributed by atoms with Crippen molar-refractivity contribution in [2.24, 2.45) is 0 Å². The van der Waals surface area contributed by atoms with Crippen molar-refractivity contribution in [1.29, 1.82) is 0 Å². The first-order valence-electron chi connectivity index (χ1n) is 5.73. The summed E-state index contributed by atoms with van der Waals surface area (Å²) in [6, 6.07) is 9.05. The number of H-pyrrole nitrogens is 1. The van der Waals surface area contributed by atoms with E-state index in [2.05, 4.69) is 15.3 Å². The first kappa shape index (κ1) is 9.66. The van der Waals surface area contributed by atoms with E-state index in [-0.39, 0.29) is 0 Å². The lowest BCUT2D eigenvalue weighted by molar-refractivity contribution is 0.260. The van der Waals surface area contributed by atoms with Crippen molar-refractivity contribution in [1.82, 2.24) is 15.3 Å². The molecule has 0 unspecified atom stereocenters. The predicted molar refractivity (Wildman–Crippen MR) is 62.6 cm³/mol. The molecule has 1 aromatic heterocycles. The molecule has 0 aliphatic carbocycles. The minimum Gasteiger partial charge on any atom is -0.463 e. The average Bonchev–Trinajstić information content (AvgIpc) is 2.95. The Morgan fingerprint density at radius 2 is 2.31 bits per heavy atom. The van der Waals surface area contributed by atoms with Crippen molar-refractivity contribution >= 4 is 11.0 Å². The number of fused-ring (bicyclic) bond motifs is 1. The maximum absolute atomic E-state index is 5.65. The van der Waals surface area contributed by atoms with Gasteiger partial charge in [0.1, 0.15) is 6.61 Å². The molecule has 1 aliphatic rings. The molecule has 16 heavy (non-hydrogen) atoms. The lowest BCUT2D eigenvalue weighted by Crippen LogP contribution is -2.28. The van der Waals surface area contributed by atoms with Crippen LogP contribution in [-0.2, 0) is 0 Å². The third-order valence-corrected chi connectivity index (χ3v) is 2.95. The van der Waals surface area contributed by atoms with Gasteiger partial charge in [0.05, 0.1) is 11.0 Å². The van der Waals surface area contributed by atoms with Crippen molar-refractivity contribution in [3.05, 3.63) is 24.3 Å². The van der Waals surface area contributed by atoms with Crippen LogP contribution in [0.25, 0.3) is 11.0 Å². The van der Waals surface area contributed by atoms with Crippen LogP contribution in [-0.4, -0.2) is 29.2 Å². The van der Waals surface area contributed by atoms with Crippen LogP contribution in [0.2, 0.25) is 0 Å². The van der Waals surface area contributed by atoms with E-state index in [1.54, 1.807) is 0 Å². The van der Waals surface area contributed by atoms with Crippen molar-refractivity contribution in [3.63, 3.8) is 0 Å². The highest BCUT2D eigenvalue weighted by Crippen LogP contribution is 2.15. The molecule has 2 heterocycles. The number of aromatic amines is 1. The molecular formula is C12H15N3O. The van der Waals surface area contributed by atoms with Gasteiger partial charge in [0, 0.05) is 6.04 Å². The number of nitrogens with one attached hydrogen (secondary N) is 2. The van der Waals surface area contributed by atoms with Crippen LogP contribution < -0.4 is 10.1 Å². The highest BCUT2D eigenvalue weighted by atomic mass is 16.5. The van der Waals surface area contributed by atoms with Crippen LogP contribution in [0.3, 0.4) is 0 Å². The van der Waals surface area contributed by atoms with Crippen LogP contribution in [0.4, 0.5) is 0 Å². The van der Waals surface area contributed by atoms with Crippen LogP contribution in [0.1, 0.15) is 12.8 Å². The van der Waals surface area contributed by atoms with Gasteiger partial charge in [-0.2, -0.15) is 4.98 Å². The Hall–Kier alpha value is -1.55. The molecular weight excluding hydrogens is 202 g/mol. The summed E-state index contributed by atoms with van der Waals surface area (Å²) in [5, 5.41) is 3.39. The molecule has 0 saturated carbocycles.